The Labute approximate surface area is 104 Å². The van der Waals surface area contributed by atoms with Crippen molar-refractivity contribution in [2.75, 3.05) is 26.3 Å². The number of hydrogen-bond donors (Lipinski definition) is 1. The molecule has 1 rings (SSSR count). The van der Waals surface area contributed by atoms with Crippen LogP contribution in [-0.4, -0.2) is 43.2 Å². The summed E-state index contributed by atoms with van der Waals surface area (Å²) in [6, 6.07) is 0.244. The number of carbonyl (C=O) groups is 1. The van der Waals surface area contributed by atoms with E-state index in [4.69, 9.17) is 10.5 Å². The Morgan fingerprint density at radius 3 is 2.65 bits per heavy atom. The molecular formula is C13H26N2O2. The van der Waals surface area contributed by atoms with Crippen LogP contribution in [0.25, 0.3) is 0 Å². The van der Waals surface area contributed by atoms with Gasteiger partial charge in [0.25, 0.3) is 0 Å². The largest absolute Gasteiger partial charge is 0.372 e. The summed E-state index contributed by atoms with van der Waals surface area (Å²) in [5, 5.41) is 0. The highest BCUT2D eigenvalue weighted by molar-refractivity contribution is 5.77. The van der Waals surface area contributed by atoms with Crippen LogP contribution in [0.15, 0.2) is 0 Å². The topological polar surface area (TPSA) is 55.6 Å². The minimum atomic E-state index is 0.129. The van der Waals surface area contributed by atoms with Crippen molar-refractivity contribution in [1.82, 2.24) is 4.90 Å². The monoisotopic (exact) mass is 242 g/mol. The molecule has 1 amide bonds. The molecule has 1 atom stereocenters. The molecule has 0 aromatic heterocycles. The Morgan fingerprint density at radius 1 is 1.47 bits per heavy atom. The number of hydrogen-bond acceptors (Lipinski definition) is 3. The average molecular weight is 242 g/mol. The Bertz CT molecular complexity index is 223. The zero-order valence-electron chi connectivity index (χ0n) is 11.2. The third-order valence-electron chi connectivity index (χ3n) is 3.50. The van der Waals surface area contributed by atoms with E-state index in [1.54, 1.807) is 0 Å². The SMILES string of the molecule is CCCCOCC(=O)N1CCC(C(C)N)CC1. The Balaban J connectivity index is 2.17. The quantitative estimate of drug-likeness (QED) is 0.716. The molecule has 1 saturated heterocycles. The molecule has 0 spiro atoms. The molecule has 4 heteroatoms. The number of rotatable bonds is 6. The molecule has 1 aliphatic heterocycles. The summed E-state index contributed by atoms with van der Waals surface area (Å²) in [5.74, 6) is 0.698. The number of piperidine rings is 1. The van der Waals surface area contributed by atoms with E-state index >= 15 is 0 Å². The molecule has 0 radical (unpaired) electrons. The van der Waals surface area contributed by atoms with E-state index in [0.717, 1.165) is 38.8 Å². The van der Waals surface area contributed by atoms with Gasteiger partial charge in [0.15, 0.2) is 0 Å². The summed E-state index contributed by atoms with van der Waals surface area (Å²) in [4.78, 5) is 13.7. The second-order valence-corrected chi connectivity index (χ2v) is 4.98. The highest BCUT2D eigenvalue weighted by Gasteiger charge is 2.24. The fraction of sp³-hybridized carbons (Fsp3) is 0.923. The van der Waals surface area contributed by atoms with E-state index in [-0.39, 0.29) is 18.6 Å². The number of carbonyl (C=O) groups excluding carboxylic acids is 1. The summed E-state index contributed by atoms with van der Waals surface area (Å²) >= 11 is 0. The van der Waals surface area contributed by atoms with Crippen LogP contribution in [0.5, 0.6) is 0 Å². The summed E-state index contributed by atoms with van der Waals surface area (Å²) in [7, 11) is 0. The molecule has 1 unspecified atom stereocenters. The molecule has 1 aliphatic rings. The van der Waals surface area contributed by atoms with E-state index in [2.05, 4.69) is 13.8 Å². The van der Waals surface area contributed by atoms with E-state index in [1.807, 2.05) is 4.90 Å². The van der Waals surface area contributed by atoms with Gasteiger partial charge in [0.2, 0.25) is 5.91 Å². The standard InChI is InChI=1S/C13H26N2O2/c1-3-4-9-17-10-13(16)15-7-5-12(6-8-15)11(2)14/h11-12H,3-10,14H2,1-2H3. The smallest absolute Gasteiger partial charge is 0.248 e. The third kappa shape index (κ3) is 5.04. The van der Waals surface area contributed by atoms with Gasteiger partial charge in [0.05, 0.1) is 0 Å². The third-order valence-corrected chi connectivity index (χ3v) is 3.50. The van der Waals surface area contributed by atoms with Crippen LogP contribution in [-0.2, 0) is 9.53 Å². The first kappa shape index (κ1) is 14.5. The van der Waals surface area contributed by atoms with Crippen LogP contribution in [0.3, 0.4) is 0 Å². The van der Waals surface area contributed by atoms with E-state index in [9.17, 15) is 4.79 Å². The molecular weight excluding hydrogens is 216 g/mol. The number of likely N-dealkylation sites (tertiary alicyclic amines) is 1. The first-order valence-electron chi connectivity index (χ1n) is 6.76. The maximum absolute atomic E-state index is 11.8. The van der Waals surface area contributed by atoms with Gasteiger partial charge in [-0.3, -0.25) is 4.79 Å². The van der Waals surface area contributed by atoms with Gasteiger partial charge in [-0.15, -0.1) is 0 Å². The summed E-state index contributed by atoms with van der Waals surface area (Å²) < 4.78 is 5.35. The highest BCUT2D eigenvalue weighted by Crippen LogP contribution is 2.19. The zero-order valence-corrected chi connectivity index (χ0v) is 11.2. The van der Waals surface area contributed by atoms with Crippen LogP contribution in [0.4, 0.5) is 0 Å². The molecule has 0 saturated carbocycles. The van der Waals surface area contributed by atoms with Crippen molar-refractivity contribution in [1.29, 1.82) is 0 Å². The fourth-order valence-corrected chi connectivity index (χ4v) is 2.17. The molecule has 1 heterocycles. The van der Waals surface area contributed by atoms with Crippen LogP contribution in [0.1, 0.15) is 39.5 Å². The lowest BCUT2D eigenvalue weighted by molar-refractivity contribution is -0.137. The molecule has 100 valence electrons. The fourth-order valence-electron chi connectivity index (χ4n) is 2.17. The molecule has 0 aliphatic carbocycles. The van der Waals surface area contributed by atoms with Gasteiger partial charge in [-0.05, 0) is 32.1 Å². The van der Waals surface area contributed by atoms with Crippen molar-refractivity contribution in [3.05, 3.63) is 0 Å². The summed E-state index contributed by atoms with van der Waals surface area (Å²) in [6.45, 7) is 6.77. The lowest BCUT2D eigenvalue weighted by Crippen LogP contribution is -2.43. The van der Waals surface area contributed by atoms with E-state index < -0.39 is 0 Å². The van der Waals surface area contributed by atoms with Crippen LogP contribution < -0.4 is 5.73 Å². The summed E-state index contributed by atoms with van der Waals surface area (Å²) in [6.07, 6.45) is 4.19. The minimum absolute atomic E-state index is 0.129. The molecule has 0 aromatic rings. The van der Waals surface area contributed by atoms with Gasteiger partial charge < -0.3 is 15.4 Å². The van der Waals surface area contributed by atoms with E-state index in [1.165, 1.54) is 0 Å². The Morgan fingerprint density at radius 2 is 2.12 bits per heavy atom. The number of ether oxygens (including phenoxy) is 1. The summed E-state index contributed by atoms with van der Waals surface area (Å²) in [5.41, 5.74) is 5.87. The number of amides is 1. The molecule has 1 fully saturated rings. The first-order valence-corrected chi connectivity index (χ1v) is 6.76. The van der Waals surface area contributed by atoms with E-state index in [0.29, 0.717) is 12.5 Å². The molecule has 0 bridgehead atoms. The van der Waals surface area contributed by atoms with Crippen LogP contribution in [0, 0.1) is 5.92 Å². The van der Waals surface area contributed by atoms with Crippen molar-refractivity contribution < 1.29 is 9.53 Å². The lowest BCUT2D eigenvalue weighted by Gasteiger charge is -2.33. The van der Waals surface area contributed by atoms with Crippen LogP contribution >= 0.6 is 0 Å². The first-order chi connectivity index (χ1) is 8.15. The highest BCUT2D eigenvalue weighted by atomic mass is 16.5. The van der Waals surface area contributed by atoms with Gasteiger partial charge in [-0.25, -0.2) is 0 Å². The molecule has 0 aromatic carbocycles. The maximum atomic E-state index is 11.8. The van der Waals surface area contributed by atoms with Crippen molar-refractivity contribution in [3.8, 4) is 0 Å². The van der Waals surface area contributed by atoms with Crippen molar-refractivity contribution in [2.24, 2.45) is 11.7 Å². The van der Waals surface area contributed by atoms with Crippen LogP contribution in [0.2, 0.25) is 0 Å². The molecule has 4 nitrogen and oxygen atoms in total. The van der Waals surface area contributed by atoms with Crippen molar-refractivity contribution >= 4 is 5.91 Å². The van der Waals surface area contributed by atoms with Gasteiger partial charge in [-0.2, -0.15) is 0 Å². The maximum Gasteiger partial charge on any atom is 0.248 e. The second-order valence-electron chi connectivity index (χ2n) is 4.98. The number of nitrogens with zero attached hydrogens (tertiary/aromatic N) is 1. The molecule has 17 heavy (non-hydrogen) atoms. The lowest BCUT2D eigenvalue weighted by atomic mass is 9.91. The van der Waals surface area contributed by atoms with Crippen molar-refractivity contribution in [2.45, 2.75) is 45.6 Å². The minimum Gasteiger partial charge on any atom is -0.372 e. The van der Waals surface area contributed by atoms with Gasteiger partial charge in [0, 0.05) is 25.7 Å². The Hall–Kier alpha value is -0.610. The van der Waals surface area contributed by atoms with Gasteiger partial charge >= 0.3 is 0 Å². The van der Waals surface area contributed by atoms with Gasteiger partial charge in [0.1, 0.15) is 6.61 Å². The van der Waals surface area contributed by atoms with Gasteiger partial charge in [-0.1, -0.05) is 13.3 Å². The zero-order chi connectivity index (χ0) is 12.7. The normalized spacial score (nSPS) is 19.4. The second kappa shape index (κ2) is 7.67. The Kier molecular flexibility index (Phi) is 6.52. The molecule has 2 N–H and O–H groups in total. The number of unbranched alkanes of at least 4 members (excludes halogenated alkanes) is 1. The average Bonchev–Trinajstić information content (AvgIpc) is 2.34. The van der Waals surface area contributed by atoms with Crippen molar-refractivity contribution in [3.63, 3.8) is 0 Å². The number of nitrogens with two attached hydrogens (primary N) is 1. The predicted molar refractivity (Wildman–Crippen MR) is 68.7 cm³/mol. The predicted octanol–water partition coefficient (Wildman–Crippen LogP) is 1.39.